The van der Waals surface area contributed by atoms with E-state index in [0.717, 1.165) is 27.8 Å². The monoisotopic (exact) mass is 332 g/mol. The number of carbonyl (C=O) groups excluding carboxylic acids is 1. The number of nitrogens with zero attached hydrogens (tertiary/aromatic N) is 2. The van der Waals surface area contributed by atoms with Crippen LogP contribution in [0.4, 0.5) is 0 Å². The number of hydrogen-bond acceptors (Lipinski definition) is 3. The van der Waals surface area contributed by atoms with Gasteiger partial charge in [-0.1, -0.05) is 37.3 Å². The van der Waals surface area contributed by atoms with Gasteiger partial charge in [0.05, 0.1) is 6.54 Å². The lowest BCUT2D eigenvalue weighted by atomic mass is 9.99. The summed E-state index contributed by atoms with van der Waals surface area (Å²) in [6.45, 7) is 3.65. The van der Waals surface area contributed by atoms with Crippen LogP contribution in [0.2, 0.25) is 0 Å². The summed E-state index contributed by atoms with van der Waals surface area (Å²) in [6, 6.07) is 14.4. The van der Waals surface area contributed by atoms with Crippen LogP contribution in [0.15, 0.2) is 54.9 Å². The number of amides is 1. The molecular formula is C21H20N2O2. The minimum absolute atomic E-state index is 0.161. The largest absolute Gasteiger partial charge is 0.491 e. The topological polar surface area (TPSA) is 42.4 Å². The fourth-order valence-electron chi connectivity index (χ4n) is 3.34. The maximum atomic E-state index is 12.1. The standard InChI is InChI=1S/C21H20N2O2/c1-2-21(24)23-9-10-25-20-8-7-15(11-17(20)14-23)19-13-22-12-16-5-3-4-6-18(16)19/h3-8,11-13H,2,9-10,14H2,1H3. The van der Waals surface area contributed by atoms with Crippen molar-refractivity contribution in [3.63, 3.8) is 0 Å². The minimum Gasteiger partial charge on any atom is -0.491 e. The van der Waals surface area contributed by atoms with E-state index in [4.69, 9.17) is 4.74 Å². The van der Waals surface area contributed by atoms with Crippen molar-refractivity contribution < 1.29 is 9.53 Å². The third kappa shape index (κ3) is 2.95. The second kappa shape index (κ2) is 6.55. The third-order valence-electron chi connectivity index (χ3n) is 4.67. The lowest BCUT2D eigenvalue weighted by molar-refractivity contribution is -0.131. The van der Waals surface area contributed by atoms with Crippen molar-refractivity contribution in [3.05, 3.63) is 60.4 Å². The van der Waals surface area contributed by atoms with Gasteiger partial charge >= 0.3 is 0 Å². The summed E-state index contributed by atoms with van der Waals surface area (Å²) in [7, 11) is 0. The summed E-state index contributed by atoms with van der Waals surface area (Å²) in [5, 5.41) is 2.29. The van der Waals surface area contributed by atoms with E-state index in [2.05, 4.69) is 29.2 Å². The van der Waals surface area contributed by atoms with E-state index in [9.17, 15) is 4.79 Å². The first kappa shape index (κ1) is 15.6. The van der Waals surface area contributed by atoms with Crippen LogP contribution in [0.25, 0.3) is 21.9 Å². The predicted octanol–water partition coefficient (Wildman–Crippen LogP) is 4.03. The van der Waals surface area contributed by atoms with Crippen LogP contribution in [0, 0.1) is 0 Å². The molecule has 126 valence electrons. The van der Waals surface area contributed by atoms with Gasteiger partial charge in [0, 0.05) is 41.9 Å². The van der Waals surface area contributed by atoms with Gasteiger partial charge in [-0.05, 0) is 23.1 Å². The Bertz CT molecular complexity index is 931. The summed E-state index contributed by atoms with van der Waals surface area (Å²) in [6.07, 6.45) is 4.30. The highest BCUT2D eigenvalue weighted by Gasteiger charge is 2.19. The van der Waals surface area contributed by atoms with Gasteiger partial charge < -0.3 is 9.64 Å². The Kier molecular flexibility index (Phi) is 4.10. The number of fused-ring (bicyclic) bond motifs is 2. The van der Waals surface area contributed by atoms with E-state index >= 15 is 0 Å². The van der Waals surface area contributed by atoms with Gasteiger partial charge in [-0.3, -0.25) is 9.78 Å². The Morgan fingerprint density at radius 2 is 2.08 bits per heavy atom. The van der Waals surface area contributed by atoms with Gasteiger partial charge in [-0.15, -0.1) is 0 Å². The molecule has 0 aliphatic carbocycles. The first-order valence-corrected chi connectivity index (χ1v) is 8.63. The summed E-state index contributed by atoms with van der Waals surface area (Å²) in [5.74, 6) is 1.03. The van der Waals surface area contributed by atoms with E-state index in [-0.39, 0.29) is 5.91 Å². The van der Waals surface area contributed by atoms with Crippen LogP contribution in [-0.2, 0) is 11.3 Å². The number of aromatic nitrogens is 1. The van der Waals surface area contributed by atoms with Gasteiger partial charge in [-0.25, -0.2) is 0 Å². The first-order valence-electron chi connectivity index (χ1n) is 8.63. The van der Waals surface area contributed by atoms with Crippen molar-refractivity contribution in [3.8, 4) is 16.9 Å². The van der Waals surface area contributed by atoms with Gasteiger partial charge in [0.25, 0.3) is 0 Å². The molecule has 1 aromatic heterocycles. The highest BCUT2D eigenvalue weighted by atomic mass is 16.5. The molecule has 2 heterocycles. The molecule has 0 saturated heterocycles. The Morgan fingerprint density at radius 3 is 2.96 bits per heavy atom. The summed E-state index contributed by atoms with van der Waals surface area (Å²) in [4.78, 5) is 18.4. The average molecular weight is 332 g/mol. The zero-order valence-electron chi connectivity index (χ0n) is 14.2. The molecule has 0 saturated carbocycles. The Morgan fingerprint density at radius 1 is 1.20 bits per heavy atom. The van der Waals surface area contributed by atoms with E-state index in [0.29, 0.717) is 26.1 Å². The maximum Gasteiger partial charge on any atom is 0.222 e. The number of benzene rings is 2. The zero-order valence-corrected chi connectivity index (χ0v) is 14.2. The Balaban J connectivity index is 1.78. The quantitative estimate of drug-likeness (QED) is 0.711. The van der Waals surface area contributed by atoms with E-state index in [1.54, 1.807) is 0 Å². The first-order chi connectivity index (χ1) is 12.3. The van der Waals surface area contributed by atoms with Crippen molar-refractivity contribution in [2.45, 2.75) is 19.9 Å². The average Bonchev–Trinajstić information content (AvgIpc) is 2.88. The molecule has 0 unspecified atom stereocenters. The predicted molar refractivity (Wildman–Crippen MR) is 98.4 cm³/mol. The van der Waals surface area contributed by atoms with E-state index in [1.165, 1.54) is 5.39 Å². The molecule has 0 radical (unpaired) electrons. The lowest BCUT2D eigenvalue weighted by Gasteiger charge is -2.19. The molecule has 4 nitrogen and oxygen atoms in total. The molecule has 0 spiro atoms. The number of carbonyl (C=O) groups is 1. The minimum atomic E-state index is 0.161. The highest BCUT2D eigenvalue weighted by Crippen LogP contribution is 2.32. The molecule has 0 bridgehead atoms. The smallest absolute Gasteiger partial charge is 0.222 e. The summed E-state index contributed by atoms with van der Waals surface area (Å²) < 4.78 is 5.84. The molecule has 25 heavy (non-hydrogen) atoms. The molecule has 0 N–H and O–H groups in total. The molecule has 4 heteroatoms. The van der Waals surface area contributed by atoms with Crippen LogP contribution < -0.4 is 4.74 Å². The molecule has 1 aliphatic heterocycles. The number of hydrogen-bond donors (Lipinski definition) is 0. The molecular weight excluding hydrogens is 312 g/mol. The second-order valence-electron chi connectivity index (χ2n) is 6.25. The van der Waals surface area contributed by atoms with Crippen molar-refractivity contribution >= 4 is 16.7 Å². The van der Waals surface area contributed by atoms with Crippen LogP contribution in [-0.4, -0.2) is 28.9 Å². The Hall–Kier alpha value is -2.88. The van der Waals surface area contributed by atoms with Crippen molar-refractivity contribution in [2.75, 3.05) is 13.2 Å². The van der Waals surface area contributed by atoms with Crippen LogP contribution in [0.3, 0.4) is 0 Å². The normalized spacial score (nSPS) is 13.9. The molecule has 2 aromatic carbocycles. The van der Waals surface area contributed by atoms with Crippen molar-refractivity contribution in [1.29, 1.82) is 0 Å². The second-order valence-corrected chi connectivity index (χ2v) is 6.25. The van der Waals surface area contributed by atoms with Crippen molar-refractivity contribution in [2.24, 2.45) is 0 Å². The van der Waals surface area contributed by atoms with Crippen LogP contribution in [0.5, 0.6) is 5.75 Å². The van der Waals surface area contributed by atoms with Gasteiger partial charge in [0.1, 0.15) is 12.4 Å². The zero-order chi connectivity index (χ0) is 17.2. The fourth-order valence-corrected chi connectivity index (χ4v) is 3.34. The maximum absolute atomic E-state index is 12.1. The third-order valence-corrected chi connectivity index (χ3v) is 4.67. The van der Waals surface area contributed by atoms with Gasteiger partial charge in [-0.2, -0.15) is 0 Å². The molecule has 1 aliphatic rings. The molecule has 3 aromatic rings. The van der Waals surface area contributed by atoms with Crippen molar-refractivity contribution in [1.82, 2.24) is 9.88 Å². The molecule has 1 amide bonds. The van der Waals surface area contributed by atoms with Crippen LogP contribution in [0.1, 0.15) is 18.9 Å². The molecule has 4 rings (SSSR count). The lowest BCUT2D eigenvalue weighted by Crippen LogP contribution is -2.31. The number of pyridine rings is 1. The molecule has 0 fully saturated rings. The number of rotatable bonds is 2. The van der Waals surface area contributed by atoms with E-state index < -0.39 is 0 Å². The fraction of sp³-hybridized carbons (Fsp3) is 0.238. The SMILES string of the molecule is CCC(=O)N1CCOc2ccc(-c3cncc4ccccc34)cc2C1. The van der Waals surface area contributed by atoms with E-state index in [1.807, 2.05) is 42.4 Å². The molecule has 0 atom stereocenters. The summed E-state index contributed by atoms with van der Waals surface area (Å²) in [5.41, 5.74) is 3.24. The van der Waals surface area contributed by atoms with Gasteiger partial charge in [0.15, 0.2) is 0 Å². The summed E-state index contributed by atoms with van der Waals surface area (Å²) >= 11 is 0. The van der Waals surface area contributed by atoms with Gasteiger partial charge in [0.2, 0.25) is 5.91 Å². The Labute approximate surface area is 147 Å². The number of ether oxygens (including phenoxy) is 1. The highest BCUT2D eigenvalue weighted by molar-refractivity contribution is 5.95. The van der Waals surface area contributed by atoms with Crippen LogP contribution >= 0.6 is 0 Å².